The average molecular weight is 590 g/mol. The smallest absolute Gasteiger partial charge is 0.339 e. The summed E-state index contributed by atoms with van der Waals surface area (Å²) in [6, 6.07) is 6.06. The normalized spacial score (nSPS) is 20.3. The molecule has 2 heterocycles. The third-order valence-electron chi connectivity index (χ3n) is 9.84. The lowest BCUT2D eigenvalue weighted by Crippen LogP contribution is -2.32. The summed E-state index contributed by atoms with van der Waals surface area (Å²) in [5.41, 5.74) is 3.15. The Hall–Kier alpha value is -3.61. The van der Waals surface area contributed by atoms with E-state index in [9.17, 15) is 14.3 Å². The van der Waals surface area contributed by atoms with Crippen LogP contribution in [0.4, 0.5) is 18.9 Å². The minimum Gasteiger partial charge on any atom is -0.478 e. The van der Waals surface area contributed by atoms with Crippen molar-refractivity contribution in [1.29, 1.82) is 0 Å². The first-order valence-corrected chi connectivity index (χ1v) is 15.7. The lowest BCUT2D eigenvalue weighted by Gasteiger charge is -2.40. The molecule has 0 saturated carbocycles. The van der Waals surface area contributed by atoms with Crippen molar-refractivity contribution in [3.8, 4) is 0 Å². The Morgan fingerprint density at radius 2 is 1.53 bits per heavy atom. The summed E-state index contributed by atoms with van der Waals surface area (Å²) in [5.74, 6) is -5.75. The Kier molecular flexibility index (Phi) is 7.86. The monoisotopic (exact) mass is 589 g/mol. The van der Waals surface area contributed by atoms with Crippen molar-refractivity contribution in [2.45, 2.75) is 77.6 Å². The maximum atomic E-state index is 16.2. The van der Waals surface area contributed by atoms with Crippen LogP contribution >= 0.6 is 0 Å². The van der Waals surface area contributed by atoms with Crippen molar-refractivity contribution in [2.75, 3.05) is 31.1 Å². The number of benzene rings is 2. The van der Waals surface area contributed by atoms with Crippen LogP contribution in [-0.2, 0) is 5.41 Å². The quantitative estimate of drug-likeness (QED) is 0.291. The highest BCUT2D eigenvalue weighted by atomic mass is 19.2. The van der Waals surface area contributed by atoms with Gasteiger partial charge in [-0.3, -0.25) is 0 Å². The third kappa shape index (κ3) is 5.04. The van der Waals surface area contributed by atoms with Crippen LogP contribution in [0, 0.1) is 24.4 Å². The van der Waals surface area contributed by atoms with Crippen LogP contribution in [0.2, 0.25) is 0 Å². The Balaban J connectivity index is 1.66. The number of halogens is 3. The van der Waals surface area contributed by atoms with Crippen molar-refractivity contribution in [3.05, 3.63) is 92.8 Å². The molecule has 2 aliphatic heterocycles. The molecule has 43 heavy (non-hydrogen) atoms. The topological polar surface area (TPSA) is 43.5 Å². The molecule has 2 fully saturated rings. The summed E-state index contributed by atoms with van der Waals surface area (Å²) in [6.07, 6.45) is 15.3. The zero-order valence-electron chi connectivity index (χ0n) is 25.3. The van der Waals surface area contributed by atoms with Gasteiger partial charge in [-0.2, -0.15) is 0 Å². The summed E-state index contributed by atoms with van der Waals surface area (Å²) in [4.78, 5) is 14.8. The summed E-state index contributed by atoms with van der Waals surface area (Å²) in [7, 11) is 0. The van der Waals surface area contributed by atoms with Crippen LogP contribution in [-0.4, -0.2) is 47.5 Å². The standard InChI is InChI=1S/C36H39F3N2O2/c1-22-32(37)30(31(35(42)43)34(39)33(22)38)29-25-14-12-23(40-16-8-4-5-9-17-40)20-27(25)36(2,3)28-21-24(13-15-26(28)29)41-18-10-6-7-11-19-41/h12-15,20-21H,4-11,16-19H2,1-3H3/p+1. The second-order valence-corrected chi connectivity index (χ2v) is 12.9. The highest BCUT2D eigenvalue weighted by Gasteiger charge is 2.42. The number of carbonyl (C=O) groups is 1. The number of fused-ring (bicyclic) bond motifs is 2. The molecule has 2 saturated heterocycles. The molecule has 4 nitrogen and oxygen atoms in total. The second kappa shape index (κ2) is 11.5. The van der Waals surface area contributed by atoms with Gasteiger partial charge in [0, 0.05) is 65.9 Å². The fraction of sp³-hybridized carbons (Fsp3) is 0.444. The summed E-state index contributed by atoms with van der Waals surface area (Å²) in [5, 5.41) is 10.1. The molecule has 0 radical (unpaired) electrons. The van der Waals surface area contributed by atoms with Crippen molar-refractivity contribution in [3.63, 3.8) is 0 Å². The van der Waals surface area contributed by atoms with Crippen LogP contribution in [0.3, 0.4) is 0 Å². The number of hydrogen-bond acceptors (Lipinski definition) is 2. The molecule has 6 rings (SSSR count). The Morgan fingerprint density at radius 3 is 2.19 bits per heavy atom. The third-order valence-corrected chi connectivity index (χ3v) is 9.84. The van der Waals surface area contributed by atoms with Gasteiger partial charge in [-0.05, 0) is 73.1 Å². The molecule has 0 bridgehead atoms. The number of anilines is 1. The van der Waals surface area contributed by atoms with Gasteiger partial charge in [0.15, 0.2) is 17.3 Å². The maximum Gasteiger partial charge on any atom is 0.339 e. The summed E-state index contributed by atoms with van der Waals surface area (Å²) < 4.78 is 48.7. The maximum absolute atomic E-state index is 16.2. The van der Waals surface area contributed by atoms with Gasteiger partial charge in [-0.1, -0.05) is 32.8 Å². The van der Waals surface area contributed by atoms with Gasteiger partial charge in [0.25, 0.3) is 0 Å². The highest BCUT2D eigenvalue weighted by molar-refractivity contribution is 6.08. The number of allylic oxidation sites excluding steroid dienone is 5. The second-order valence-electron chi connectivity index (χ2n) is 12.9. The van der Waals surface area contributed by atoms with Gasteiger partial charge in [-0.15, -0.1) is 0 Å². The lowest BCUT2D eigenvalue weighted by molar-refractivity contribution is -0.524. The Bertz CT molecular complexity index is 1610. The predicted octanol–water partition coefficient (Wildman–Crippen LogP) is 8.11. The predicted molar refractivity (Wildman–Crippen MR) is 165 cm³/mol. The molecule has 226 valence electrons. The first kappa shape index (κ1) is 29.5. The molecule has 2 aromatic carbocycles. The summed E-state index contributed by atoms with van der Waals surface area (Å²) >= 11 is 0. The Morgan fingerprint density at radius 1 is 0.884 bits per heavy atom. The molecular formula is C36H40F3N2O2+. The van der Waals surface area contributed by atoms with E-state index in [2.05, 4.69) is 35.5 Å². The molecule has 2 aliphatic carbocycles. The first-order chi connectivity index (χ1) is 20.6. The zero-order valence-corrected chi connectivity index (χ0v) is 25.3. The van der Waals surface area contributed by atoms with Gasteiger partial charge in [-0.25, -0.2) is 22.5 Å². The van der Waals surface area contributed by atoms with E-state index in [0.29, 0.717) is 16.7 Å². The number of aromatic carboxylic acids is 1. The number of nitrogens with zero attached hydrogens (tertiary/aromatic N) is 2. The molecule has 0 spiro atoms. The minimum atomic E-state index is -1.70. The fourth-order valence-electron chi connectivity index (χ4n) is 7.36. The van der Waals surface area contributed by atoms with Crippen molar-refractivity contribution in [2.24, 2.45) is 0 Å². The van der Waals surface area contributed by atoms with E-state index in [0.717, 1.165) is 81.3 Å². The van der Waals surface area contributed by atoms with Gasteiger partial charge in [0.1, 0.15) is 24.5 Å². The van der Waals surface area contributed by atoms with Crippen LogP contribution in [0.15, 0.2) is 47.6 Å². The van der Waals surface area contributed by atoms with Crippen molar-refractivity contribution < 1.29 is 27.6 Å². The van der Waals surface area contributed by atoms with E-state index in [4.69, 9.17) is 0 Å². The minimum absolute atomic E-state index is 0.297. The molecule has 2 aromatic rings. The molecule has 0 unspecified atom stereocenters. The fourth-order valence-corrected chi connectivity index (χ4v) is 7.36. The van der Waals surface area contributed by atoms with E-state index in [1.165, 1.54) is 25.7 Å². The summed E-state index contributed by atoms with van der Waals surface area (Å²) in [6.45, 7) is 9.24. The van der Waals surface area contributed by atoms with E-state index in [-0.39, 0.29) is 0 Å². The molecule has 0 amide bonds. The van der Waals surface area contributed by atoms with E-state index < -0.39 is 45.5 Å². The van der Waals surface area contributed by atoms with Crippen LogP contribution < -0.4 is 4.90 Å². The number of rotatable bonds is 3. The van der Waals surface area contributed by atoms with E-state index in [1.807, 2.05) is 24.3 Å². The van der Waals surface area contributed by atoms with Gasteiger partial charge < -0.3 is 10.0 Å². The number of hydrogen-bond donors (Lipinski definition) is 1. The molecule has 0 aromatic heterocycles. The Labute approximate surface area is 251 Å². The average Bonchev–Trinajstić information content (AvgIpc) is 3.44. The molecule has 0 atom stereocenters. The van der Waals surface area contributed by atoms with Crippen LogP contribution in [0.5, 0.6) is 0 Å². The molecular weight excluding hydrogens is 549 g/mol. The molecule has 1 N–H and O–H groups in total. The number of carboxylic acid groups (broad SMARTS) is 1. The van der Waals surface area contributed by atoms with Crippen molar-refractivity contribution in [1.82, 2.24) is 0 Å². The van der Waals surface area contributed by atoms with Crippen molar-refractivity contribution >= 4 is 22.9 Å². The van der Waals surface area contributed by atoms with Crippen LogP contribution in [0.1, 0.15) is 97.8 Å². The van der Waals surface area contributed by atoms with Crippen LogP contribution in [0.25, 0.3) is 5.57 Å². The zero-order chi connectivity index (χ0) is 30.5. The largest absolute Gasteiger partial charge is 0.478 e. The molecule has 7 heteroatoms. The lowest BCUT2D eigenvalue weighted by atomic mass is 9.64. The SMILES string of the molecule is Cc1c(F)c(F)c(C(=O)O)c(C2=C3C=CC(=[N+]4CCCCCC4)C=C3C(C)(C)c3cc(N4CCCCCC4)ccc32)c1F. The van der Waals surface area contributed by atoms with E-state index >= 15 is 8.78 Å². The van der Waals surface area contributed by atoms with E-state index in [1.54, 1.807) is 0 Å². The highest BCUT2D eigenvalue weighted by Crippen LogP contribution is 2.52. The first-order valence-electron chi connectivity index (χ1n) is 15.7. The number of carboxylic acids is 1. The molecule has 4 aliphatic rings. The van der Waals surface area contributed by atoms with Gasteiger partial charge in [0.2, 0.25) is 0 Å². The van der Waals surface area contributed by atoms with Gasteiger partial charge >= 0.3 is 5.97 Å². The van der Waals surface area contributed by atoms with Gasteiger partial charge in [0.05, 0.1) is 0 Å².